The molecular weight excluding hydrogens is 264 g/mol. The first-order valence-electron chi connectivity index (χ1n) is 5.06. The van der Waals surface area contributed by atoms with E-state index in [0.717, 1.165) is 30.9 Å². The van der Waals surface area contributed by atoms with Gasteiger partial charge in [-0.15, -0.1) is 0 Å². The molecular formula is C12H6F4N2O. The summed E-state index contributed by atoms with van der Waals surface area (Å²) in [5, 5.41) is 0. The Morgan fingerprint density at radius 3 is 2.47 bits per heavy atom. The van der Waals surface area contributed by atoms with Crippen molar-refractivity contribution in [1.82, 2.24) is 9.97 Å². The van der Waals surface area contributed by atoms with Crippen LogP contribution in [0, 0.1) is 5.82 Å². The normalized spacial score (nSPS) is 11.4. The largest absolute Gasteiger partial charge is 0.417 e. The predicted octanol–water partition coefficient (Wildman–Crippen LogP) is 2.87. The lowest BCUT2D eigenvalue weighted by Crippen LogP contribution is -2.14. The van der Waals surface area contributed by atoms with Crippen LogP contribution in [-0.4, -0.2) is 15.8 Å². The highest BCUT2D eigenvalue weighted by Crippen LogP contribution is 2.32. The second-order valence-corrected chi connectivity index (χ2v) is 3.64. The van der Waals surface area contributed by atoms with E-state index in [4.69, 9.17) is 0 Å². The van der Waals surface area contributed by atoms with E-state index in [1.54, 1.807) is 0 Å². The lowest BCUT2D eigenvalue weighted by atomic mass is 10.0. The molecule has 0 saturated heterocycles. The van der Waals surface area contributed by atoms with Crippen LogP contribution in [-0.2, 0) is 6.18 Å². The molecule has 0 atom stereocenters. The average molecular weight is 270 g/mol. The van der Waals surface area contributed by atoms with Crippen molar-refractivity contribution in [2.24, 2.45) is 0 Å². The third-order valence-electron chi connectivity index (χ3n) is 2.34. The highest BCUT2D eigenvalue weighted by molar-refractivity contribution is 6.09. The lowest BCUT2D eigenvalue weighted by Gasteiger charge is -2.10. The quantitative estimate of drug-likeness (QED) is 0.622. The minimum absolute atomic E-state index is 0.265. The number of alkyl halides is 3. The fourth-order valence-corrected chi connectivity index (χ4v) is 1.51. The second kappa shape index (κ2) is 4.75. The fraction of sp³-hybridized carbons (Fsp3) is 0.0833. The summed E-state index contributed by atoms with van der Waals surface area (Å²) in [6, 6.07) is 1.52. The van der Waals surface area contributed by atoms with E-state index in [2.05, 4.69) is 9.97 Å². The van der Waals surface area contributed by atoms with Gasteiger partial charge >= 0.3 is 6.18 Å². The summed E-state index contributed by atoms with van der Waals surface area (Å²) in [4.78, 5) is 18.8. The minimum atomic E-state index is -4.69. The van der Waals surface area contributed by atoms with Crippen LogP contribution >= 0.6 is 0 Å². The molecule has 0 N–H and O–H groups in total. The van der Waals surface area contributed by atoms with Gasteiger partial charge in [-0.05, 0) is 12.1 Å². The third kappa shape index (κ3) is 2.75. The molecule has 3 nitrogen and oxygen atoms in total. The van der Waals surface area contributed by atoms with Crippen LogP contribution in [0.25, 0.3) is 0 Å². The van der Waals surface area contributed by atoms with Gasteiger partial charge in [-0.1, -0.05) is 0 Å². The van der Waals surface area contributed by atoms with E-state index >= 15 is 0 Å². The zero-order valence-electron chi connectivity index (χ0n) is 9.28. The molecule has 2 rings (SSSR count). The van der Waals surface area contributed by atoms with Crippen molar-refractivity contribution in [3.05, 3.63) is 59.4 Å². The number of ketones is 1. The van der Waals surface area contributed by atoms with Gasteiger partial charge in [0, 0.05) is 24.2 Å². The van der Waals surface area contributed by atoms with Gasteiger partial charge in [-0.25, -0.2) is 4.39 Å². The monoisotopic (exact) mass is 270 g/mol. The molecule has 0 fully saturated rings. The first-order chi connectivity index (χ1) is 8.89. The molecule has 2 aromatic rings. The predicted molar refractivity (Wildman–Crippen MR) is 56.9 cm³/mol. The number of pyridine rings is 2. The molecule has 0 amide bonds. The van der Waals surface area contributed by atoms with Crippen molar-refractivity contribution in [3.63, 3.8) is 0 Å². The van der Waals surface area contributed by atoms with Crippen molar-refractivity contribution in [1.29, 1.82) is 0 Å². The Morgan fingerprint density at radius 2 is 1.84 bits per heavy atom. The van der Waals surface area contributed by atoms with Gasteiger partial charge < -0.3 is 0 Å². The van der Waals surface area contributed by atoms with Crippen LogP contribution in [0.4, 0.5) is 17.6 Å². The van der Waals surface area contributed by atoms with Crippen molar-refractivity contribution >= 4 is 5.78 Å². The molecule has 0 radical (unpaired) electrons. The zero-order chi connectivity index (χ0) is 14.0. The van der Waals surface area contributed by atoms with Crippen LogP contribution in [0.15, 0.2) is 36.9 Å². The van der Waals surface area contributed by atoms with Crippen LogP contribution in [0.1, 0.15) is 21.5 Å². The fourth-order valence-electron chi connectivity index (χ4n) is 1.51. The van der Waals surface area contributed by atoms with E-state index in [1.807, 2.05) is 0 Å². The van der Waals surface area contributed by atoms with Gasteiger partial charge in [0.1, 0.15) is 5.82 Å². The molecule has 0 spiro atoms. The van der Waals surface area contributed by atoms with E-state index < -0.39 is 28.9 Å². The summed E-state index contributed by atoms with van der Waals surface area (Å²) in [7, 11) is 0. The Kier molecular flexibility index (Phi) is 3.28. The van der Waals surface area contributed by atoms with Crippen LogP contribution < -0.4 is 0 Å². The molecule has 7 heteroatoms. The Morgan fingerprint density at radius 1 is 1.11 bits per heavy atom. The maximum atomic E-state index is 12.9. The molecule has 0 unspecified atom stereocenters. The van der Waals surface area contributed by atoms with Gasteiger partial charge in [0.05, 0.1) is 17.3 Å². The Labute approximate surface area is 104 Å². The maximum Gasteiger partial charge on any atom is 0.417 e. The van der Waals surface area contributed by atoms with Gasteiger partial charge in [0.25, 0.3) is 0 Å². The summed E-state index contributed by atoms with van der Waals surface area (Å²) in [6.07, 6.45) is -1.10. The van der Waals surface area contributed by atoms with Gasteiger partial charge in [0.15, 0.2) is 5.78 Å². The molecule has 0 aliphatic rings. The summed E-state index contributed by atoms with van der Waals surface area (Å²) in [5.74, 6) is -1.78. The molecule has 0 saturated carbocycles. The number of rotatable bonds is 2. The molecule has 98 valence electrons. The molecule has 0 bridgehead atoms. The first kappa shape index (κ1) is 13.1. The van der Waals surface area contributed by atoms with E-state index in [9.17, 15) is 22.4 Å². The molecule has 0 aliphatic heterocycles. The lowest BCUT2D eigenvalue weighted by molar-refractivity contribution is -0.137. The molecule has 19 heavy (non-hydrogen) atoms. The Bertz CT molecular complexity index is 625. The third-order valence-corrected chi connectivity index (χ3v) is 2.34. The van der Waals surface area contributed by atoms with Crippen LogP contribution in [0.3, 0.4) is 0 Å². The van der Waals surface area contributed by atoms with Crippen LogP contribution in [0.5, 0.6) is 0 Å². The summed E-state index contributed by atoms with van der Waals surface area (Å²) >= 11 is 0. The molecule has 2 heterocycles. The summed E-state index contributed by atoms with van der Waals surface area (Å²) in [5.41, 5.74) is -2.02. The van der Waals surface area contributed by atoms with Crippen LogP contribution in [0.2, 0.25) is 0 Å². The van der Waals surface area contributed by atoms with Gasteiger partial charge in [0.2, 0.25) is 0 Å². The summed E-state index contributed by atoms with van der Waals surface area (Å²) < 4.78 is 51.1. The SMILES string of the molecule is O=C(c1cncc(F)c1)c1cnccc1C(F)(F)F. The summed E-state index contributed by atoms with van der Waals surface area (Å²) in [6.45, 7) is 0. The molecule has 0 aliphatic carbocycles. The van der Waals surface area contributed by atoms with Crippen molar-refractivity contribution in [2.45, 2.75) is 6.18 Å². The number of halogens is 4. The number of hydrogen-bond acceptors (Lipinski definition) is 3. The van der Waals surface area contributed by atoms with Gasteiger partial charge in [-0.3, -0.25) is 14.8 Å². The first-order valence-corrected chi connectivity index (χ1v) is 5.06. The number of carbonyl (C=O) groups excluding carboxylic acids is 1. The van der Waals surface area contributed by atoms with Crippen molar-refractivity contribution < 1.29 is 22.4 Å². The maximum absolute atomic E-state index is 12.9. The topological polar surface area (TPSA) is 42.9 Å². The Balaban J connectivity index is 2.51. The Hall–Kier alpha value is -2.31. The molecule has 0 aromatic carbocycles. The highest BCUT2D eigenvalue weighted by Gasteiger charge is 2.35. The second-order valence-electron chi connectivity index (χ2n) is 3.64. The van der Waals surface area contributed by atoms with E-state index in [0.29, 0.717) is 6.07 Å². The van der Waals surface area contributed by atoms with Crippen molar-refractivity contribution in [2.75, 3.05) is 0 Å². The number of nitrogens with zero attached hydrogens (tertiary/aromatic N) is 2. The van der Waals surface area contributed by atoms with E-state index in [-0.39, 0.29) is 5.56 Å². The smallest absolute Gasteiger partial charge is 0.288 e. The molecule has 2 aromatic heterocycles. The van der Waals surface area contributed by atoms with Crippen molar-refractivity contribution in [3.8, 4) is 0 Å². The minimum Gasteiger partial charge on any atom is -0.288 e. The number of aromatic nitrogens is 2. The highest BCUT2D eigenvalue weighted by atomic mass is 19.4. The standard InChI is InChI=1S/C12H6F4N2O/c13-8-3-7(4-18-5-8)11(19)9-6-17-2-1-10(9)12(14,15)16/h1-6H. The average Bonchev–Trinajstić information content (AvgIpc) is 2.37. The van der Waals surface area contributed by atoms with E-state index in [1.165, 1.54) is 0 Å². The van der Waals surface area contributed by atoms with Gasteiger partial charge in [-0.2, -0.15) is 13.2 Å². The number of carbonyl (C=O) groups is 1. The zero-order valence-corrected chi connectivity index (χ0v) is 9.28. The number of hydrogen-bond donors (Lipinski definition) is 0.